The van der Waals surface area contributed by atoms with E-state index in [9.17, 15) is 13.2 Å². The van der Waals surface area contributed by atoms with E-state index in [1.165, 1.54) is 0 Å². The van der Waals surface area contributed by atoms with E-state index in [0.29, 0.717) is 18.0 Å². The number of amidine groups is 1. The highest BCUT2D eigenvalue weighted by Gasteiger charge is 2.27. The fourth-order valence-electron chi connectivity index (χ4n) is 2.76. The molecule has 0 saturated carbocycles. The molecule has 0 aromatic carbocycles. The molecule has 0 aliphatic carbocycles. The molecule has 0 aromatic rings. The SMILES string of the molecule is CN1CCCN(C(=O)C2=CN3CCS(=O)(=O)N=C3C=C2)CC1. The lowest BCUT2D eigenvalue weighted by Gasteiger charge is -2.28. The van der Waals surface area contributed by atoms with Crippen molar-refractivity contribution in [1.82, 2.24) is 14.7 Å². The molecule has 3 rings (SSSR count). The van der Waals surface area contributed by atoms with Crippen molar-refractivity contribution in [2.24, 2.45) is 4.40 Å². The standard InChI is InChI=1S/C14H20N4O3S/c1-16-5-2-6-17(8-7-16)14(19)12-3-4-13-15-22(20,21)10-9-18(13)11-12/h3-4,11H,2,5-10H2,1H3. The molecule has 3 aliphatic heterocycles. The average molecular weight is 324 g/mol. The Kier molecular flexibility index (Phi) is 4.05. The monoisotopic (exact) mass is 324 g/mol. The van der Waals surface area contributed by atoms with Crippen LogP contribution in [0.3, 0.4) is 0 Å². The van der Waals surface area contributed by atoms with Gasteiger partial charge in [0.1, 0.15) is 5.84 Å². The maximum Gasteiger partial charge on any atom is 0.256 e. The van der Waals surface area contributed by atoms with Gasteiger partial charge in [-0.1, -0.05) is 0 Å². The molecule has 1 fully saturated rings. The van der Waals surface area contributed by atoms with Crippen molar-refractivity contribution in [3.05, 3.63) is 23.9 Å². The van der Waals surface area contributed by atoms with Crippen molar-refractivity contribution in [3.63, 3.8) is 0 Å². The van der Waals surface area contributed by atoms with E-state index in [2.05, 4.69) is 16.3 Å². The third-order valence-corrected chi connectivity index (χ3v) is 5.24. The van der Waals surface area contributed by atoms with Gasteiger partial charge < -0.3 is 14.7 Å². The summed E-state index contributed by atoms with van der Waals surface area (Å²) in [5, 5.41) is 0. The molecule has 0 radical (unpaired) electrons. The molecule has 0 unspecified atom stereocenters. The first kappa shape index (κ1) is 15.2. The number of carbonyl (C=O) groups excluding carboxylic acids is 1. The molecule has 1 amide bonds. The molecular weight excluding hydrogens is 304 g/mol. The zero-order chi connectivity index (χ0) is 15.7. The van der Waals surface area contributed by atoms with Crippen LogP contribution in [-0.2, 0) is 14.8 Å². The Labute approximate surface area is 130 Å². The molecule has 3 heterocycles. The highest BCUT2D eigenvalue weighted by Crippen LogP contribution is 2.18. The van der Waals surface area contributed by atoms with E-state index in [1.807, 2.05) is 4.90 Å². The summed E-state index contributed by atoms with van der Waals surface area (Å²) >= 11 is 0. The normalized spacial score (nSPS) is 25.1. The van der Waals surface area contributed by atoms with Gasteiger partial charge in [0.05, 0.1) is 11.3 Å². The smallest absolute Gasteiger partial charge is 0.256 e. The summed E-state index contributed by atoms with van der Waals surface area (Å²) < 4.78 is 26.7. The van der Waals surface area contributed by atoms with E-state index >= 15 is 0 Å². The van der Waals surface area contributed by atoms with Crippen molar-refractivity contribution >= 4 is 21.8 Å². The van der Waals surface area contributed by atoms with E-state index in [4.69, 9.17) is 0 Å². The number of rotatable bonds is 1. The van der Waals surface area contributed by atoms with Crippen molar-refractivity contribution < 1.29 is 13.2 Å². The second-order valence-corrected chi connectivity index (χ2v) is 7.55. The van der Waals surface area contributed by atoms with Crippen LogP contribution in [0.2, 0.25) is 0 Å². The predicted molar refractivity (Wildman–Crippen MR) is 83.8 cm³/mol. The lowest BCUT2D eigenvalue weighted by molar-refractivity contribution is -0.126. The van der Waals surface area contributed by atoms with Gasteiger partial charge in [-0.3, -0.25) is 4.79 Å². The van der Waals surface area contributed by atoms with Gasteiger partial charge in [-0.15, -0.1) is 4.40 Å². The lowest BCUT2D eigenvalue weighted by Crippen LogP contribution is -2.40. The van der Waals surface area contributed by atoms with Gasteiger partial charge in [-0.2, -0.15) is 0 Å². The zero-order valence-electron chi connectivity index (χ0n) is 12.6. The molecule has 0 atom stereocenters. The van der Waals surface area contributed by atoms with Crippen LogP contribution in [0.4, 0.5) is 0 Å². The lowest BCUT2D eigenvalue weighted by atomic mass is 10.1. The van der Waals surface area contributed by atoms with Crippen LogP contribution in [0.1, 0.15) is 6.42 Å². The molecule has 1 saturated heterocycles. The molecule has 0 N–H and O–H groups in total. The molecule has 0 spiro atoms. The highest BCUT2D eigenvalue weighted by molar-refractivity contribution is 7.90. The minimum absolute atomic E-state index is 0.000898. The van der Waals surface area contributed by atoms with Gasteiger partial charge in [0.15, 0.2) is 0 Å². The average Bonchev–Trinajstić information content (AvgIpc) is 2.70. The maximum atomic E-state index is 12.6. The van der Waals surface area contributed by atoms with Crippen LogP contribution in [0, 0.1) is 0 Å². The Morgan fingerprint density at radius 2 is 1.95 bits per heavy atom. The van der Waals surface area contributed by atoms with Crippen LogP contribution in [0.5, 0.6) is 0 Å². The second-order valence-electron chi connectivity index (χ2n) is 5.80. The summed E-state index contributed by atoms with van der Waals surface area (Å²) in [6, 6.07) is 0. The van der Waals surface area contributed by atoms with Crippen LogP contribution in [0.25, 0.3) is 0 Å². The Bertz CT molecular complexity index is 666. The molecular formula is C14H20N4O3S. The van der Waals surface area contributed by atoms with Crippen molar-refractivity contribution in [2.75, 3.05) is 45.5 Å². The third kappa shape index (κ3) is 3.22. The Morgan fingerprint density at radius 3 is 2.77 bits per heavy atom. The summed E-state index contributed by atoms with van der Waals surface area (Å²) in [5.41, 5.74) is 0.586. The van der Waals surface area contributed by atoms with E-state index in [-0.39, 0.29) is 11.7 Å². The first-order valence-electron chi connectivity index (χ1n) is 7.42. The maximum absolute atomic E-state index is 12.6. The van der Waals surface area contributed by atoms with Crippen molar-refractivity contribution in [2.45, 2.75) is 6.42 Å². The summed E-state index contributed by atoms with van der Waals surface area (Å²) in [6.45, 7) is 3.68. The van der Waals surface area contributed by atoms with E-state index in [1.54, 1.807) is 23.3 Å². The topological polar surface area (TPSA) is 73.3 Å². The minimum Gasteiger partial charge on any atom is -0.337 e. The van der Waals surface area contributed by atoms with Gasteiger partial charge in [0, 0.05) is 32.4 Å². The molecule has 22 heavy (non-hydrogen) atoms. The molecule has 0 bridgehead atoms. The molecule has 0 aromatic heterocycles. The van der Waals surface area contributed by atoms with Crippen LogP contribution < -0.4 is 0 Å². The van der Waals surface area contributed by atoms with Crippen molar-refractivity contribution in [1.29, 1.82) is 0 Å². The van der Waals surface area contributed by atoms with E-state index < -0.39 is 10.0 Å². The van der Waals surface area contributed by atoms with Crippen molar-refractivity contribution in [3.8, 4) is 0 Å². The number of sulfonamides is 1. The number of nitrogens with zero attached hydrogens (tertiary/aromatic N) is 4. The number of hydrogen-bond acceptors (Lipinski definition) is 5. The number of amides is 1. The summed E-state index contributed by atoms with van der Waals surface area (Å²) in [4.78, 5) is 18.4. The van der Waals surface area contributed by atoms with Gasteiger partial charge in [-0.05, 0) is 32.2 Å². The molecule has 120 valence electrons. The second kappa shape index (κ2) is 5.85. The van der Waals surface area contributed by atoms with Gasteiger partial charge in [0.25, 0.3) is 15.9 Å². The third-order valence-electron chi connectivity index (χ3n) is 4.08. The predicted octanol–water partition coefficient (Wildman–Crippen LogP) is -0.352. The summed E-state index contributed by atoms with van der Waals surface area (Å²) in [5.74, 6) is 0.369. The summed E-state index contributed by atoms with van der Waals surface area (Å²) in [6.07, 6.45) is 5.94. The number of hydrogen-bond donors (Lipinski definition) is 0. The Hall–Kier alpha value is -1.67. The first-order valence-corrected chi connectivity index (χ1v) is 9.02. The van der Waals surface area contributed by atoms with Crippen LogP contribution in [0.15, 0.2) is 28.3 Å². The highest BCUT2D eigenvalue weighted by atomic mass is 32.2. The molecule has 3 aliphatic rings. The zero-order valence-corrected chi connectivity index (χ0v) is 13.4. The Balaban J connectivity index is 1.75. The molecule has 8 heteroatoms. The number of carbonyl (C=O) groups is 1. The van der Waals surface area contributed by atoms with Gasteiger partial charge in [-0.25, -0.2) is 8.42 Å². The van der Waals surface area contributed by atoms with Gasteiger partial charge in [0.2, 0.25) is 0 Å². The molecule has 7 nitrogen and oxygen atoms in total. The number of likely N-dealkylation sites (N-methyl/N-ethyl adjacent to an activating group) is 1. The number of fused-ring (bicyclic) bond motifs is 1. The fourth-order valence-corrected chi connectivity index (χ4v) is 3.73. The fraction of sp³-hybridized carbons (Fsp3) is 0.571. The van der Waals surface area contributed by atoms with Crippen LogP contribution in [-0.4, -0.2) is 80.4 Å². The Morgan fingerprint density at radius 1 is 1.14 bits per heavy atom. The van der Waals surface area contributed by atoms with Crippen LogP contribution >= 0.6 is 0 Å². The quantitative estimate of drug-likeness (QED) is 0.659. The van der Waals surface area contributed by atoms with Gasteiger partial charge >= 0.3 is 0 Å². The largest absolute Gasteiger partial charge is 0.337 e. The first-order chi connectivity index (χ1) is 10.4. The minimum atomic E-state index is -3.36. The van der Waals surface area contributed by atoms with E-state index in [0.717, 1.165) is 32.6 Å². The summed E-state index contributed by atoms with van der Waals surface area (Å²) in [7, 11) is -1.30.